The molecule has 0 amide bonds. The van der Waals surface area contributed by atoms with E-state index in [2.05, 4.69) is 37.7 Å². The van der Waals surface area contributed by atoms with E-state index in [1.807, 2.05) is 28.1 Å². The van der Waals surface area contributed by atoms with Crippen molar-refractivity contribution in [1.29, 1.82) is 0 Å². The Bertz CT molecular complexity index is 388. The molecule has 0 aromatic heterocycles. The summed E-state index contributed by atoms with van der Waals surface area (Å²) in [6.45, 7) is 8.78. The smallest absolute Gasteiger partial charge is 0.121 e. The van der Waals surface area contributed by atoms with Gasteiger partial charge in [-0.05, 0) is 65.3 Å². The Labute approximate surface area is 158 Å². The first-order valence-electron chi connectivity index (χ1n) is 8.56. The lowest BCUT2D eigenvalue weighted by Crippen LogP contribution is -2.27. The Kier molecular flexibility index (Phi) is 12.2. The van der Waals surface area contributed by atoms with Gasteiger partial charge in [0.2, 0.25) is 0 Å². The third-order valence-electron chi connectivity index (χ3n) is 4.08. The number of ether oxygens (including phenoxy) is 1. The van der Waals surface area contributed by atoms with Gasteiger partial charge in [0.15, 0.2) is 0 Å². The van der Waals surface area contributed by atoms with Gasteiger partial charge in [-0.3, -0.25) is 0 Å². The van der Waals surface area contributed by atoms with Crippen molar-refractivity contribution in [1.82, 2.24) is 4.90 Å². The molecule has 1 heterocycles. The van der Waals surface area contributed by atoms with E-state index in [0.717, 1.165) is 30.4 Å². The van der Waals surface area contributed by atoms with Crippen LogP contribution in [0.25, 0.3) is 0 Å². The summed E-state index contributed by atoms with van der Waals surface area (Å²) in [6.07, 6.45) is 12.2. The van der Waals surface area contributed by atoms with Crippen molar-refractivity contribution >= 4 is 36.4 Å². The summed E-state index contributed by atoms with van der Waals surface area (Å²) in [4.78, 5) is 6.65. The Hall–Kier alpha value is -0.0100. The van der Waals surface area contributed by atoms with E-state index in [1.165, 1.54) is 44.3 Å². The number of allylic oxidation sites excluding steroid dienone is 1. The molecule has 0 atom stereocenters. The van der Waals surface area contributed by atoms with Gasteiger partial charge in [-0.25, -0.2) is 4.99 Å². The van der Waals surface area contributed by atoms with Crippen LogP contribution >= 0.6 is 30.1 Å². The number of methoxy groups -OCH3 is 1. The standard InChI is InChI=1S/C13H22N2O.C5H9IS/c1-4-13(11-16-3)10-14-12(2)15-8-6-5-7-9-15;6-7-4-3-5-1-2-5/h4,10H,2,5-9,11H2,1,3H3;5H,1-4H2/b13-4+,14-10-;. The van der Waals surface area contributed by atoms with Gasteiger partial charge in [-0.1, -0.05) is 34.4 Å². The van der Waals surface area contributed by atoms with Gasteiger partial charge >= 0.3 is 0 Å². The molecular formula is C18H31IN2OS. The zero-order valence-corrected chi connectivity index (χ0v) is 17.6. The summed E-state index contributed by atoms with van der Waals surface area (Å²) in [5.41, 5.74) is 1.08. The van der Waals surface area contributed by atoms with Crippen LogP contribution in [0.2, 0.25) is 0 Å². The SMILES string of the molecule is C=C(/N=C\C(=C/C)COC)N1CCCCC1.ISCCC1CC1. The number of halogens is 1. The molecular weight excluding hydrogens is 419 g/mol. The average molecular weight is 450 g/mol. The molecule has 0 N–H and O–H groups in total. The molecule has 0 aromatic rings. The highest BCUT2D eigenvalue weighted by Crippen LogP contribution is 2.34. The fourth-order valence-corrected chi connectivity index (χ4v) is 3.56. The first kappa shape index (κ1) is 21.0. The van der Waals surface area contributed by atoms with Crippen molar-refractivity contribution in [3.05, 3.63) is 24.0 Å². The van der Waals surface area contributed by atoms with Gasteiger partial charge in [0.25, 0.3) is 0 Å². The van der Waals surface area contributed by atoms with Crippen LogP contribution in [0, 0.1) is 5.92 Å². The van der Waals surface area contributed by atoms with E-state index < -0.39 is 0 Å². The second-order valence-electron chi connectivity index (χ2n) is 6.06. The van der Waals surface area contributed by atoms with Crippen molar-refractivity contribution in [3.63, 3.8) is 0 Å². The lowest BCUT2D eigenvalue weighted by Gasteiger charge is -2.27. The van der Waals surface area contributed by atoms with Crippen LogP contribution < -0.4 is 0 Å². The fourth-order valence-electron chi connectivity index (χ4n) is 2.37. The minimum atomic E-state index is 0.604. The monoisotopic (exact) mass is 450 g/mol. The number of hydrogen-bond donors (Lipinski definition) is 0. The Balaban J connectivity index is 0.000000313. The van der Waals surface area contributed by atoms with E-state index in [9.17, 15) is 0 Å². The maximum absolute atomic E-state index is 5.07. The predicted molar refractivity (Wildman–Crippen MR) is 113 cm³/mol. The van der Waals surface area contributed by atoms with Gasteiger partial charge < -0.3 is 9.64 Å². The minimum absolute atomic E-state index is 0.604. The number of nitrogens with zero attached hydrogens (tertiary/aromatic N) is 2. The van der Waals surface area contributed by atoms with E-state index in [-0.39, 0.29) is 0 Å². The number of likely N-dealkylation sites (tertiary alicyclic amines) is 1. The molecule has 5 heteroatoms. The lowest BCUT2D eigenvalue weighted by molar-refractivity contribution is 0.230. The summed E-state index contributed by atoms with van der Waals surface area (Å²) in [5, 5.41) is 0. The molecule has 0 unspecified atom stereocenters. The van der Waals surface area contributed by atoms with Crippen molar-refractivity contribution < 1.29 is 4.74 Å². The first-order chi connectivity index (χ1) is 11.2. The lowest BCUT2D eigenvalue weighted by atomic mass is 10.1. The topological polar surface area (TPSA) is 24.8 Å². The highest BCUT2D eigenvalue weighted by molar-refractivity contribution is 14.2. The third kappa shape index (κ3) is 10.5. The van der Waals surface area contributed by atoms with Crippen LogP contribution in [0.15, 0.2) is 29.0 Å². The molecule has 1 aliphatic carbocycles. The van der Waals surface area contributed by atoms with Crippen molar-refractivity contribution in [2.75, 3.05) is 32.6 Å². The molecule has 0 radical (unpaired) electrons. The normalized spacial score (nSPS) is 18.7. The maximum Gasteiger partial charge on any atom is 0.121 e. The number of aliphatic imine (C=N–C) groups is 1. The van der Waals surface area contributed by atoms with E-state index >= 15 is 0 Å². The van der Waals surface area contributed by atoms with Crippen molar-refractivity contribution in [2.45, 2.75) is 45.4 Å². The highest BCUT2D eigenvalue weighted by atomic mass is 127. The Morgan fingerprint density at radius 1 is 1.35 bits per heavy atom. The van der Waals surface area contributed by atoms with Gasteiger partial charge in [0.1, 0.15) is 5.82 Å². The summed E-state index contributed by atoms with van der Waals surface area (Å²) in [6, 6.07) is 0. The Morgan fingerprint density at radius 2 is 2.04 bits per heavy atom. The van der Waals surface area contributed by atoms with Crippen LogP contribution in [-0.4, -0.2) is 43.7 Å². The number of rotatable bonds is 8. The van der Waals surface area contributed by atoms with Crippen LogP contribution in [0.5, 0.6) is 0 Å². The summed E-state index contributed by atoms with van der Waals surface area (Å²) < 4.78 is 5.07. The van der Waals surface area contributed by atoms with Crippen molar-refractivity contribution in [2.24, 2.45) is 10.9 Å². The summed E-state index contributed by atoms with van der Waals surface area (Å²) in [5.74, 6) is 3.36. The third-order valence-corrected chi connectivity index (χ3v) is 5.79. The Morgan fingerprint density at radius 3 is 2.57 bits per heavy atom. The molecule has 0 bridgehead atoms. The zero-order valence-electron chi connectivity index (χ0n) is 14.6. The average Bonchev–Trinajstić information content (AvgIpc) is 3.42. The minimum Gasteiger partial charge on any atom is -0.380 e. The van der Waals surface area contributed by atoms with E-state index in [4.69, 9.17) is 4.74 Å². The fraction of sp³-hybridized carbons (Fsp3) is 0.722. The van der Waals surface area contributed by atoms with Crippen LogP contribution in [0.4, 0.5) is 0 Å². The van der Waals surface area contributed by atoms with Crippen LogP contribution in [0.3, 0.4) is 0 Å². The van der Waals surface area contributed by atoms with E-state index in [1.54, 1.807) is 7.11 Å². The molecule has 0 aromatic carbocycles. The van der Waals surface area contributed by atoms with Crippen LogP contribution in [0.1, 0.15) is 45.4 Å². The largest absolute Gasteiger partial charge is 0.380 e. The number of hydrogen-bond acceptors (Lipinski definition) is 4. The molecule has 23 heavy (non-hydrogen) atoms. The van der Waals surface area contributed by atoms with Crippen molar-refractivity contribution in [3.8, 4) is 0 Å². The number of piperidine rings is 1. The van der Waals surface area contributed by atoms with Gasteiger partial charge in [0, 0.05) is 32.2 Å². The zero-order chi connectivity index (χ0) is 16.9. The molecule has 2 rings (SSSR count). The molecule has 132 valence electrons. The second kappa shape index (κ2) is 13.3. The quantitative estimate of drug-likeness (QED) is 0.362. The molecule has 1 saturated carbocycles. The molecule has 0 spiro atoms. The van der Waals surface area contributed by atoms with Gasteiger partial charge in [-0.2, -0.15) is 0 Å². The van der Waals surface area contributed by atoms with E-state index in [0.29, 0.717) is 6.61 Å². The molecule has 2 fully saturated rings. The summed E-state index contributed by atoms with van der Waals surface area (Å²) in [7, 11) is 3.63. The van der Waals surface area contributed by atoms with Gasteiger partial charge in [0.05, 0.1) is 6.61 Å². The first-order valence-corrected chi connectivity index (χ1v) is 12.1. The molecule has 1 saturated heterocycles. The van der Waals surface area contributed by atoms with Gasteiger partial charge in [-0.15, -0.1) is 0 Å². The molecule has 3 nitrogen and oxygen atoms in total. The highest BCUT2D eigenvalue weighted by Gasteiger charge is 2.19. The molecule has 1 aliphatic heterocycles. The summed E-state index contributed by atoms with van der Waals surface area (Å²) >= 11 is 2.37. The predicted octanol–water partition coefficient (Wildman–Crippen LogP) is 5.48. The molecule has 2 aliphatic rings. The maximum atomic E-state index is 5.07. The van der Waals surface area contributed by atoms with Crippen LogP contribution in [-0.2, 0) is 4.74 Å². The second-order valence-corrected chi connectivity index (χ2v) is 8.56.